The maximum atomic E-state index is 13.2. The van der Waals surface area contributed by atoms with Crippen molar-refractivity contribution in [3.05, 3.63) is 0 Å². The van der Waals surface area contributed by atoms with Crippen LogP contribution in [0.2, 0.25) is 0 Å². The number of hydrogen-bond donors (Lipinski definition) is 2. The minimum absolute atomic E-state index is 0.326. The van der Waals surface area contributed by atoms with Crippen molar-refractivity contribution in [1.82, 2.24) is 0 Å². The molecule has 0 bridgehead atoms. The van der Waals surface area contributed by atoms with Gasteiger partial charge in [0, 0.05) is 0 Å². The average molecular weight is 374 g/mol. The van der Waals surface area contributed by atoms with Gasteiger partial charge in [0.05, 0.1) is 5.60 Å². The van der Waals surface area contributed by atoms with Crippen molar-refractivity contribution >= 4 is 0 Å². The summed E-state index contributed by atoms with van der Waals surface area (Å²) < 4.78 is 39.5. The van der Waals surface area contributed by atoms with Crippen LogP contribution in [-0.4, -0.2) is 28.1 Å². The second-order valence-corrected chi connectivity index (χ2v) is 10.4. The fraction of sp³-hybridized carbons (Fsp3) is 1.00. The summed E-state index contributed by atoms with van der Waals surface area (Å²) in [5.41, 5.74) is -0.907. The molecule has 4 aliphatic carbocycles. The van der Waals surface area contributed by atoms with Crippen LogP contribution in [0.4, 0.5) is 13.2 Å². The lowest BCUT2D eigenvalue weighted by atomic mass is 9.49. The van der Waals surface area contributed by atoms with E-state index in [4.69, 9.17) is 0 Å². The van der Waals surface area contributed by atoms with Crippen molar-refractivity contribution in [3.8, 4) is 0 Å². The van der Waals surface area contributed by atoms with Gasteiger partial charge in [0.1, 0.15) is 0 Å². The molecule has 9 atom stereocenters. The molecule has 0 amide bonds. The molecule has 0 aromatic heterocycles. The quantitative estimate of drug-likeness (QED) is 0.683. The summed E-state index contributed by atoms with van der Waals surface area (Å²) >= 11 is 0. The van der Waals surface area contributed by atoms with E-state index in [1.165, 1.54) is 0 Å². The van der Waals surface area contributed by atoms with E-state index in [-0.39, 0.29) is 5.41 Å². The number of hydrogen-bond acceptors (Lipinski definition) is 2. The zero-order valence-electron chi connectivity index (χ0n) is 15.9. The molecule has 4 rings (SSSR count). The number of aliphatic hydroxyl groups excluding tert-OH is 1. The van der Waals surface area contributed by atoms with Crippen molar-refractivity contribution in [2.75, 3.05) is 0 Å². The van der Waals surface area contributed by atoms with Crippen LogP contribution < -0.4 is 0 Å². The van der Waals surface area contributed by atoms with Crippen LogP contribution in [-0.2, 0) is 0 Å². The molecule has 2 N–H and O–H groups in total. The number of alkyl halides is 3. The third-order valence-corrected chi connectivity index (χ3v) is 9.03. The minimum Gasteiger partial charge on any atom is -0.390 e. The van der Waals surface area contributed by atoms with Crippen molar-refractivity contribution in [1.29, 1.82) is 0 Å². The molecule has 0 aromatic rings. The lowest BCUT2D eigenvalue weighted by Crippen LogP contribution is -2.52. The van der Waals surface area contributed by atoms with Gasteiger partial charge in [-0.3, -0.25) is 0 Å². The predicted octanol–water partition coefficient (Wildman–Crippen LogP) is 4.93. The first-order chi connectivity index (χ1) is 12.0. The zero-order valence-corrected chi connectivity index (χ0v) is 15.9. The normalized spacial score (nSPS) is 52.7. The van der Waals surface area contributed by atoms with Gasteiger partial charge in [-0.15, -0.1) is 0 Å². The monoisotopic (exact) mass is 374 g/mol. The molecule has 150 valence electrons. The van der Waals surface area contributed by atoms with Crippen LogP contribution in [0.15, 0.2) is 0 Å². The summed E-state index contributed by atoms with van der Waals surface area (Å²) in [6.07, 6.45) is 1.50. The molecule has 0 heterocycles. The third kappa shape index (κ3) is 2.92. The Morgan fingerprint density at radius 2 is 1.58 bits per heavy atom. The molecule has 4 aliphatic rings. The third-order valence-electron chi connectivity index (χ3n) is 9.03. The van der Waals surface area contributed by atoms with Gasteiger partial charge in [-0.05, 0) is 106 Å². The molecule has 4 saturated carbocycles. The molecule has 2 nitrogen and oxygen atoms in total. The lowest BCUT2D eigenvalue weighted by molar-refractivity contribution is -0.233. The molecule has 0 aliphatic heterocycles. The van der Waals surface area contributed by atoms with E-state index in [1.54, 1.807) is 0 Å². The van der Waals surface area contributed by atoms with Gasteiger partial charge in [0.25, 0.3) is 0 Å². The highest BCUT2D eigenvalue weighted by Gasteiger charge is 2.61. The van der Waals surface area contributed by atoms with E-state index in [0.717, 1.165) is 51.4 Å². The van der Waals surface area contributed by atoms with Gasteiger partial charge in [-0.25, -0.2) is 0 Å². The van der Waals surface area contributed by atoms with Crippen LogP contribution in [0, 0.1) is 40.9 Å². The Balaban J connectivity index is 1.53. The molecular formula is C21H33F3O2. The summed E-state index contributed by atoms with van der Waals surface area (Å²) in [6, 6.07) is 0. The molecule has 0 aromatic carbocycles. The minimum atomic E-state index is -4.51. The maximum absolute atomic E-state index is 13.2. The molecule has 26 heavy (non-hydrogen) atoms. The first-order valence-electron chi connectivity index (χ1n) is 10.5. The molecular weight excluding hydrogens is 341 g/mol. The second kappa shape index (κ2) is 6.10. The SMILES string of the molecule is C[C@@]1(O)CC[C@H]2[C@H](CC[C@@H]3[C@@H]2CC[C@]2(C)[C@@H](C(O)C(F)(F)F)CC[C@@H]32)C1. The Bertz CT molecular complexity index is 546. The molecule has 0 radical (unpaired) electrons. The summed E-state index contributed by atoms with van der Waals surface area (Å²) in [5.74, 6) is 2.05. The predicted molar refractivity (Wildman–Crippen MR) is 93.3 cm³/mol. The van der Waals surface area contributed by atoms with Gasteiger partial charge in [-0.1, -0.05) is 6.92 Å². The van der Waals surface area contributed by atoms with Gasteiger partial charge >= 0.3 is 6.18 Å². The first kappa shape index (κ1) is 19.0. The lowest BCUT2D eigenvalue weighted by Gasteiger charge is -2.57. The number of halogens is 3. The van der Waals surface area contributed by atoms with Crippen LogP contribution >= 0.6 is 0 Å². The maximum Gasteiger partial charge on any atom is 0.414 e. The summed E-state index contributed by atoms with van der Waals surface area (Å²) in [4.78, 5) is 0. The van der Waals surface area contributed by atoms with E-state index in [9.17, 15) is 23.4 Å². The van der Waals surface area contributed by atoms with E-state index in [0.29, 0.717) is 36.0 Å². The fourth-order valence-corrected chi connectivity index (χ4v) is 7.87. The van der Waals surface area contributed by atoms with Gasteiger partial charge < -0.3 is 10.2 Å². The van der Waals surface area contributed by atoms with E-state index in [2.05, 4.69) is 0 Å². The Morgan fingerprint density at radius 1 is 0.885 bits per heavy atom. The molecule has 1 unspecified atom stereocenters. The summed E-state index contributed by atoms with van der Waals surface area (Å²) in [7, 11) is 0. The topological polar surface area (TPSA) is 40.5 Å². The number of aliphatic hydroxyl groups is 2. The standard InChI is InChI=1S/C21H33F3O2/c1-19(26)9-7-13-12(11-19)3-4-15-14(13)8-10-20(2)16(15)5-6-17(20)18(25)21(22,23)24/h12-18,25-26H,3-11H2,1-2H3/t12-,13+,14-,15-,16+,17-,18?,19-,20+/m1/s1. The Hall–Kier alpha value is -0.290. The highest BCUT2D eigenvalue weighted by atomic mass is 19.4. The van der Waals surface area contributed by atoms with E-state index >= 15 is 0 Å². The summed E-state index contributed by atoms with van der Waals surface area (Å²) in [5, 5.41) is 20.4. The van der Waals surface area contributed by atoms with Crippen molar-refractivity contribution in [3.63, 3.8) is 0 Å². The van der Waals surface area contributed by atoms with Crippen LogP contribution in [0.1, 0.15) is 71.6 Å². The molecule has 4 fully saturated rings. The van der Waals surface area contributed by atoms with Gasteiger partial charge in [-0.2, -0.15) is 13.2 Å². The zero-order chi connectivity index (χ0) is 18.9. The number of fused-ring (bicyclic) bond motifs is 5. The highest BCUT2D eigenvalue weighted by molar-refractivity contribution is 5.08. The van der Waals surface area contributed by atoms with Crippen molar-refractivity contribution in [2.45, 2.75) is 89.5 Å². The average Bonchev–Trinajstić information content (AvgIpc) is 2.89. The molecule has 0 spiro atoms. The smallest absolute Gasteiger partial charge is 0.390 e. The van der Waals surface area contributed by atoms with E-state index < -0.39 is 23.8 Å². The fourth-order valence-electron chi connectivity index (χ4n) is 7.87. The van der Waals surface area contributed by atoms with Gasteiger partial charge in [0.2, 0.25) is 0 Å². The first-order valence-corrected chi connectivity index (χ1v) is 10.5. The second-order valence-electron chi connectivity index (χ2n) is 10.4. The molecule has 0 saturated heterocycles. The van der Waals surface area contributed by atoms with Crippen molar-refractivity contribution < 1.29 is 23.4 Å². The number of rotatable bonds is 1. The summed E-state index contributed by atoms with van der Waals surface area (Å²) in [6.45, 7) is 3.98. The van der Waals surface area contributed by atoms with E-state index in [1.807, 2.05) is 13.8 Å². The van der Waals surface area contributed by atoms with Crippen molar-refractivity contribution in [2.24, 2.45) is 40.9 Å². The largest absolute Gasteiger partial charge is 0.414 e. The highest BCUT2D eigenvalue weighted by Crippen LogP contribution is 2.65. The Morgan fingerprint density at radius 3 is 2.27 bits per heavy atom. The van der Waals surface area contributed by atoms with Crippen LogP contribution in [0.3, 0.4) is 0 Å². The van der Waals surface area contributed by atoms with Crippen LogP contribution in [0.25, 0.3) is 0 Å². The Labute approximate surface area is 154 Å². The van der Waals surface area contributed by atoms with Gasteiger partial charge in [0.15, 0.2) is 6.10 Å². The molecule has 5 heteroatoms. The Kier molecular flexibility index (Phi) is 4.47. The van der Waals surface area contributed by atoms with Crippen LogP contribution in [0.5, 0.6) is 0 Å².